The lowest BCUT2D eigenvalue weighted by Gasteiger charge is -2.35. The Labute approximate surface area is 160 Å². The average Bonchev–Trinajstić information content (AvgIpc) is 3.18. The summed E-state index contributed by atoms with van der Waals surface area (Å²) in [4.78, 5) is 21.3. The lowest BCUT2D eigenvalue weighted by Crippen LogP contribution is -2.49. The summed E-state index contributed by atoms with van der Waals surface area (Å²) in [6.07, 6.45) is 7.88. The van der Waals surface area contributed by atoms with E-state index in [0.29, 0.717) is 12.5 Å². The molecule has 4 rings (SSSR count). The number of nitrogens with zero attached hydrogens (tertiary/aromatic N) is 5. The quantitative estimate of drug-likeness (QED) is 0.856. The van der Waals surface area contributed by atoms with Crippen LogP contribution in [0.3, 0.4) is 0 Å². The fourth-order valence-corrected chi connectivity index (χ4v) is 4.06. The SMILES string of the molecule is O=C(Cn1nccc1C1CCCNC1)N1CCN(Cc2cccnc2)CC1. The first kappa shape index (κ1) is 18.1. The highest BCUT2D eigenvalue weighted by molar-refractivity contribution is 5.76. The summed E-state index contributed by atoms with van der Waals surface area (Å²) in [5.41, 5.74) is 2.41. The van der Waals surface area contributed by atoms with Crippen LogP contribution in [0.5, 0.6) is 0 Å². The number of hydrogen-bond acceptors (Lipinski definition) is 5. The maximum absolute atomic E-state index is 12.8. The van der Waals surface area contributed by atoms with Gasteiger partial charge in [-0.2, -0.15) is 5.10 Å². The number of rotatable bonds is 5. The molecular formula is C20H28N6O. The van der Waals surface area contributed by atoms with Crippen molar-refractivity contribution in [2.45, 2.75) is 31.8 Å². The van der Waals surface area contributed by atoms with E-state index in [4.69, 9.17) is 0 Å². The zero-order chi connectivity index (χ0) is 18.5. The van der Waals surface area contributed by atoms with Gasteiger partial charge in [-0.25, -0.2) is 0 Å². The third-order valence-corrected chi connectivity index (χ3v) is 5.60. The van der Waals surface area contributed by atoms with Crippen LogP contribution in [-0.2, 0) is 17.9 Å². The Balaban J connectivity index is 1.29. The first-order chi connectivity index (χ1) is 13.3. The van der Waals surface area contributed by atoms with Crippen LogP contribution in [0.15, 0.2) is 36.8 Å². The topological polar surface area (TPSA) is 66.3 Å². The number of nitrogens with one attached hydrogen (secondary N) is 1. The van der Waals surface area contributed by atoms with Gasteiger partial charge in [0.15, 0.2) is 0 Å². The Hall–Kier alpha value is -2.25. The molecule has 0 saturated carbocycles. The number of aromatic nitrogens is 3. The van der Waals surface area contributed by atoms with Crippen molar-refractivity contribution in [1.29, 1.82) is 0 Å². The first-order valence-electron chi connectivity index (χ1n) is 9.91. The molecule has 27 heavy (non-hydrogen) atoms. The summed E-state index contributed by atoms with van der Waals surface area (Å²) in [7, 11) is 0. The molecule has 2 aliphatic heterocycles. The Bertz CT molecular complexity index is 732. The molecule has 0 radical (unpaired) electrons. The van der Waals surface area contributed by atoms with E-state index < -0.39 is 0 Å². The van der Waals surface area contributed by atoms with E-state index in [1.165, 1.54) is 24.1 Å². The molecule has 2 saturated heterocycles. The molecule has 7 nitrogen and oxygen atoms in total. The number of piperidine rings is 1. The highest BCUT2D eigenvalue weighted by Crippen LogP contribution is 2.23. The zero-order valence-corrected chi connectivity index (χ0v) is 15.8. The molecule has 2 aromatic heterocycles. The second-order valence-electron chi connectivity index (χ2n) is 7.48. The van der Waals surface area contributed by atoms with Crippen LogP contribution in [0.25, 0.3) is 0 Å². The lowest BCUT2D eigenvalue weighted by atomic mass is 9.96. The fourth-order valence-electron chi connectivity index (χ4n) is 4.06. The monoisotopic (exact) mass is 368 g/mol. The van der Waals surface area contributed by atoms with Gasteiger partial charge in [-0.05, 0) is 37.1 Å². The van der Waals surface area contributed by atoms with Crippen LogP contribution in [-0.4, -0.2) is 69.7 Å². The summed E-state index contributed by atoms with van der Waals surface area (Å²) >= 11 is 0. The van der Waals surface area contributed by atoms with Crippen molar-refractivity contribution in [3.63, 3.8) is 0 Å². The molecule has 1 atom stereocenters. The number of piperazine rings is 1. The van der Waals surface area contributed by atoms with Crippen molar-refractivity contribution in [2.24, 2.45) is 0 Å². The molecule has 2 fully saturated rings. The number of amides is 1. The molecule has 144 valence electrons. The smallest absolute Gasteiger partial charge is 0.244 e. The Morgan fingerprint density at radius 3 is 2.81 bits per heavy atom. The van der Waals surface area contributed by atoms with Gasteiger partial charge in [0.2, 0.25) is 5.91 Å². The minimum atomic E-state index is 0.171. The molecule has 0 aliphatic carbocycles. The molecule has 2 aromatic rings. The molecule has 1 N–H and O–H groups in total. The second-order valence-corrected chi connectivity index (χ2v) is 7.48. The number of carbonyl (C=O) groups excluding carboxylic acids is 1. The van der Waals surface area contributed by atoms with Gasteiger partial charge in [-0.15, -0.1) is 0 Å². The maximum atomic E-state index is 12.8. The van der Waals surface area contributed by atoms with Gasteiger partial charge in [0.25, 0.3) is 0 Å². The summed E-state index contributed by atoms with van der Waals surface area (Å²) in [6.45, 7) is 6.68. The molecule has 0 spiro atoms. The molecule has 7 heteroatoms. The molecule has 2 aliphatic rings. The van der Waals surface area contributed by atoms with Crippen LogP contribution in [0.2, 0.25) is 0 Å². The van der Waals surface area contributed by atoms with E-state index in [1.54, 1.807) is 6.20 Å². The van der Waals surface area contributed by atoms with E-state index in [1.807, 2.05) is 28.0 Å². The van der Waals surface area contributed by atoms with Crippen LogP contribution in [0, 0.1) is 0 Å². The number of pyridine rings is 1. The summed E-state index contributed by atoms with van der Waals surface area (Å²) in [6, 6.07) is 6.14. The molecule has 0 aromatic carbocycles. The molecule has 0 bridgehead atoms. The predicted molar refractivity (Wildman–Crippen MR) is 103 cm³/mol. The molecule has 1 amide bonds. The average molecular weight is 368 g/mol. The fraction of sp³-hybridized carbons (Fsp3) is 0.550. The minimum absolute atomic E-state index is 0.171. The van der Waals surface area contributed by atoms with Crippen molar-refractivity contribution >= 4 is 5.91 Å². The van der Waals surface area contributed by atoms with Crippen molar-refractivity contribution in [2.75, 3.05) is 39.3 Å². The summed E-state index contributed by atoms with van der Waals surface area (Å²) in [5.74, 6) is 0.634. The summed E-state index contributed by atoms with van der Waals surface area (Å²) < 4.78 is 1.90. The lowest BCUT2D eigenvalue weighted by molar-refractivity contribution is -0.133. The number of carbonyl (C=O) groups is 1. The second kappa shape index (κ2) is 8.63. The van der Waals surface area contributed by atoms with Crippen LogP contribution in [0.1, 0.15) is 30.0 Å². The van der Waals surface area contributed by atoms with E-state index in [-0.39, 0.29) is 5.91 Å². The van der Waals surface area contributed by atoms with Gasteiger partial charge in [0, 0.05) is 69.5 Å². The van der Waals surface area contributed by atoms with Gasteiger partial charge in [-0.1, -0.05) is 6.07 Å². The normalized spacial score (nSPS) is 21.3. The largest absolute Gasteiger partial charge is 0.339 e. The maximum Gasteiger partial charge on any atom is 0.244 e. The van der Waals surface area contributed by atoms with Crippen molar-refractivity contribution < 1.29 is 4.79 Å². The third kappa shape index (κ3) is 4.54. The first-order valence-corrected chi connectivity index (χ1v) is 9.91. The molecule has 4 heterocycles. The molecular weight excluding hydrogens is 340 g/mol. The van der Waals surface area contributed by atoms with E-state index in [9.17, 15) is 4.79 Å². The highest BCUT2D eigenvalue weighted by atomic mass is 16.2. The predicted octanol–water partition coefficient (Wildman–Crippen LogP) is 1.09. The Morgan fingerprint density at radius 2 is 2.07 bits per heavy atom. The van der Waals surface area contributed by atoms with E-state index in [0.717, 1.165) is 45.8 Å². The van der Waals surface area contributed by atoms with Gasteiger partial charge in [0.1, 0.15) is 6.54 Å². The Kier molecular flexibility index (Phi) is 5.79. The Morgan fingerprint density at radius 1 is 1.19 bits per heavy atom. The van der Waals surface area contributed by atoms with Crippen molar-refractivity contribution in [3.05, 3.63) is 48.0 Å². The van der Waals surface area contributed by atoms with Crippen molar-refractivity contribution in [3.8, 4) is 0 Å². The van der Waals surface area contributed by atoms with Gasteiger partial charge in [-0.3, -0.25) is 19.4 Å². The highest BCUT2D eigenvalue weighted by Gasteiger charge is 2.24. The van der Waals surface area contributed by atoms with Crippen LogP contribution >= 0.6 is 0 Å². The third-order valence-electron chi connectivity index (χ3n) is 5.60. The van der Waals surface area contributed by atoms with Crippen LogP contribution < -0.4 is 5.32 Å². The standard InChI is InChI=1S/C20H28N6O/c27-20(16-26-19(5-8-23-26)18-4-2-7-22-14-18)25-11-9-24(10-12-25)15-17-3-1-6-21-13-17/h1,3,5-6,8,13,18,22H,2,4,7,9-12,14-16H2. The summed E-state index contributed by atoms with van der Waals surface area (Å²) in [5, 5.41) is 7.87. The van der Waals surface area contributed by atoms with Crippen molar-refractivity contribution in [1.82, 2.24) is 29.9 Å². The van der Waals surface area contributed by atoms with E-state index in [2.05, 4.69) is 32.4 Å². The van der Waals surface area contributed by atoms with Gasteiger partial charge < -0.3 is 10.2 Å². The number of hydrogen-bond donors (Lipinski definition) is 1. The van der Waals surface area contributed by atoms with Gasteiger partial charge >= 0.3 is 0 Å². The minimum Gasteiger partial charge on any atom is -0.339 e. The molecule has 1 unspecified atom stereocenters. The zero-order valence-electron chi connectivity index (χ0n) is 15.8. The van der Waals surface area contributed by atoms with Gasteiger partial charge in [0.05, 0.1) is 0 Å². The van der Waals surface area contributed by atoms with E-state index >= 15 is 0 Å². The van der Waals surface area contributed by atoms with Crippen LogP contribution in [0.4, 0.5) is 0 Å².